The summed E-state index contributed by atoms with van der Waals surface area (Å²) in [6, 6.07) is 8.25. The van der Waals surface area contributed by atoms with Crippen molar-refractivity contribution in [2.45, 2.75) is 31.8 Å². The van der Waals surface area contributed by atoms with E-state index in [0.717, 1.165) is 23.1 Å². The van der Waals surface area contributed by atoms with Crippen molar-refractivity contribution in [1.82, 2.24) is 9.88 Å². The Hall–Kier alpha value is -2.15. The van der Waals surface area contributed by atoms with Crippen LogP contribution < -0.4 is 10.1 Å². The van der Waals surface area contributed by atoms with Crippen molar-refractivity contribution in [3.63, 3.8) is 0 Å². The summed E-state index contributed by atoms with van der Waals surface area (Å²) in [6.07, 6.45) is 3.53. The van der Waals surface area contributed by atoms with E-state index in [4.69, 9.17) is 4.74 Å². The number of nitrogens with zero attached hydrogens (tertiary/aromatic N) is 2. The van der Waals surface area contributed by atoms with Crippen molar-refractivity contribution >= 4 is 27.7 Å². The van der Waals surface area contributed by atoms with E-state index < -0.39 is 5.82 Å². The van der Waals surface area contributed by atoms with Gasteiger partial charge in [-0.05, 0) is 60.0 Å². The van der Waals surface area contributed by atoms with Crippen molar-refractivity contribution in [3.8, 4) is 5.75 Å². The largest absolute Gasteiger partial charge is 0.493 e. The van der Waals surface area contributed by atoms with Gasteiger partial charge in [0.05, 0.1) is 12.7 Å². The van der Waals surface area contributed by atoms with Gasteiger partial charge in [0, 0.05) is 29.3 Å². The minimum absolute atomic E-state index is 0.00522. The molecule has 0 aliphatic carbocycles. The minimum atomic E-state index is -0.531. The van der Waals surface area contributed by atoms with Gasteiger partial charge in [-0.25, -0.2) is 9.37 Å². The zero-order valence-corrected chi connectivity index (χ0v) is 16.3. The molecule has 2 unspecified atom stereocenters. The summed E-state index contributed by atoms with van der Waals surface area (Å²) in [5, 5.41) is 3.40. The highest BCUT2D eigenvalue weighted by molar-refractivity contribution is 9.10. The molecule has 1 aromatic carbocycles. The number of piperidine rings is 1. The first-order valence-corrected chi connectivity index (χ1v) is 9.32. The van der Waals surface area contributed by atoms with Gasteiger partial charge in [0.2, 0.25) is 0 Å². The molecule has 1 aliphatic heterocycles. The molecule has 2 atom stereocenters. The Morgan fingerprint density at radius 2 is 2.19 bits per heavy atom. The number of benzene rings is 1. The van der Waals surface area contributed by atoms with Gasteiger partial charge in [-0.3, -0.25) is 4.79 Å². The zero-order valence-electron chi connectivity index (χ0n) is 14.7. The summed E-state index contributed by atoms with van der Waals surface area (Å²) in [5.74, 6) is 0.0120. The highest BCUT2D eigenvalue weighted by Gasteiger charge is 2.33. The van der Waals surface area contributed by atoms with E-state index in [1.807, 2.05) is 19.1 Å². The van der Waals surface area contributed by atoms with Crippen molar-refractivity contribution < 1.29 is 13.9 Å². The number of hydrogen-bond donors (Lipinski definition) is 1. The average Bonchev–Trinajstić information content (AvgIpc) is 2.64. The summed E-state index contributed by atoms with van der Waals surface area (Å²) < 4.78 is 20.0. The number of aromatic nitrogens is 1. The van der Waals surface area contributed by atoms with E-state index in [1.165, 1.54) is 19.2 Å². The van der Waals surface area contributed by atoms with E-state index in [1.54, 1.807) is 17.2 Å². The first-order chi connectivity index (χ1) is 12.5. The van der Waals surface area contributed by atoms with Gasteiger partial charge in [0.25, 0.3) is 5.91 Å². The number of carbonyl (C=O) groups excluding carboxylic acids is 1. The van der Waals surface area contributed by atoms with Crippen LogP contribution in [0.5, 0.6) is 5.75 Å². The van der Waals surface area contributed by atoms with Crippen LogP contribution in [0.3, 0.4) is 0 Å². The first-order valence-electron chi connectivity index (χ1n) is 8.53. The Morgan fingerprint density at radius 1 is 1.38 bits per heavy atom. The number of halogens is 2. The quantitative estimate of drug-likeness (QED) is 0.807. The Balaban J connectivity index is 1.79. The molecule has 1 N–H and O–H groups in total. The van der Waals surface area contributed by atoms with E-state index in [2.05, 4.69) is 26.2 Å². The van der Waals surface area contributed by atoms with Crippen LogP contribution in [0.25, 0.3) is 0 Å². The van der Waals surface area contributed by atoms with Crippen LogP contribution in [-0.2, 0) is 0 Å². The second kappa shape index (κ2) is 8.03. The summed E-state index contributed by atoms with van der Waals surface area (Å²) in [5.41, 5.74) is 0.252. The van der Waals surface area contributed by atoms with Gasteiger partial charge < -0.3 is 15.0 Å². The number of pyridine rings is 1. The minimum Gasteiger partial charge on any atom is -0.493 e. The molecule has 0 spiro atoms. The number of carbonyl (C=O) groups is 1. The number of nitrogens with one attached hydrogen (secondary N) is 1. The van der Waals surface area contributed by atoms with Gasteiger partial charge in [-0.15, -0.1) is 0 Å². The zero-order chi connectivity index (χ0) is 18.7. The molecule has 7 heteroatoms. The molecule has 5 nitrogen and oxygen atoms in total. The Labute approximate surface area is 160 Å². The second-order valence-electron chi connectivity index (χ2n) is 6.31. The summed E-state index contributed by atoms with van der Waals surface area (Å²) in [4.78, 5) is 19.1. The summed E-state index contributed by atoms with van der Waals surface area (Å²) in [6.45, 7) is 2.63. The number of amides is 1. The molecule has 3 rings (SSSR count). The van der Waals surface area contributed by atoms with Crippen LogP contribution in [0.4, 0.5) is 10.2 Å². The van der Waals surface area contributed by atoms with Crippen LogP contribution in [0.15, 0.2) is 41.0 Å². The van der Waals surface area contributed by atoms with Gasteiger partial charge in [0.1, 0.15) is 5.82 Å². The second-order valence-corrected chi connectivity index (χ2v) is 7.23. The van der Waals surface area contributed by atoms with E-state index in [0.29, 0.717) is 6.54 Å². The standard InChI is InChI=1S/C19H21BrFN3O2/c1-12-16(23-17-9-8-13(20)11-22-17)7-4-10-24(12)19(25)14-5-3-6-15(21)18(14)26-2/h3,5-6,8-9,11-12,16H,4,7,10H2,1-2H3,(H,22,23). The molecule has 1 aromatic heterocycles. The molecule has 1 fully saturated rings. The maximum absolute atomic E-state index is 14.0. The molecule has 26 heavy (non-hydrogen) atoms. The first kappa shape index (κ1) is 18.6. The number of anilines is 1. The Bertz CT molecular complexity index is 785. The molecule has 138 valence electrons. The lowest BCUT2D eigenvalue weighted by Gasteiger charge is -2.40. The third-order valence-electron chi connectivity index (χ3n) is 4.71. The van der Waals surface area contributed by atoms with Crippen molar-refractivity contribution in [3.05, 3.63) is 52.4 Å². The normalized spacial score (nSPS) is 19.9. The maximum Gasteiger partial charge on any atom is 0.258 e. The lowest BCUT2D eigenvalue weighted by Crippen LogP contribution is -2.52. The monoisotopic (exact) mass is 421 g/mol. The maximum atomic E-state index is 14.0. The predicted molar refractivity (Wildman–Crippen MR) is 102 cm³/mol. The highest BCUT2D eigenvalue weighted by Crippen LogP contribution is 2.28. The Kier molecular flexibility index (Phi) is 5.76. The topological polar surface area (TPSA) is 54.5 Å². The molecule has 0 bridgehead atoms. The lowest BCUT2D eigenvalue weighted by atomic mass is 9.96. The number of ether oxygens (including phenoxy) is 1. The summed E-state index contributed by atoms with van der Waals surface area (Å²) >= 11 is 3.37. The lowest BCUT2D eigenvalue weighted by molar-refractivity contribution is 0.0612. The molecule has 0 saturated carbocycles. The van der Waals surface area contributed by atoms with Crippen molar-refractivity contribution in [1.29, 1.82) is 0 Å². The summed E-state index contributed by atoms with van der Waals surface area (Å²) in [7, 11) is 1.37. The fraction of sp³-hybridized carbons (Fsp3) is 0.368. The third-order valence-corrected chi connectivity index (χ3v) is 5.18. The van der Waals surface area contributed by atoms with Gasteiger partial charge >= 0.3 is 0 Å². The van der Waals surface area contributed by atoms with Crippen LogP contribution in [0.2, 0.25) is 0 Å². The molecular weight excluding hydrogens is 401 g/mol. The molecule has 2 heterocycles. The molecular formula is C19H21BrFN3O2. The molecule has 1 amide bonds. The fourth-order valence-electron chi connectivity index (χ4n) is 3.31. The van der Waals surface area contributed by atoms with Crippen molar-refractivity contribution in [2.24, 2.45) is 0 Å². The van der Waals surface area contributed by atoms with E-state index in [-0.39, 0.29) is 29.3 Å². The highest BCUT2D eigenvalue weighted by atomic mass is 79.9. The van der Waals surface area contributed by atoms with E-state index >= 15 is 0 Å². The number of methoxy groups -OCH3 is 1. The average molecular weight is 422 g/mol. The predicted octanol–water partition coefficient (Wildman–Crippen LogP) is 4.10. The fourth-order valence-corrected chi connectivity index (χ4v) is 3.55. The van der Waals surface area contributed by atoms with Gasteiger partial charge in [0.15, 0.2) is 11.6 Å². The molecule has 0 radical (unpaired) electrons. The SMILES string of the molecule is COc1c(F)cccc1C(=O)N1CCCC(Nc2ccc(Br)cn2)C1C. The number of likely N-dealkylation sites (tertiary alicyclic amines) is 1. The number of hydrogen-bond acceptors (Lipinski definition) is 4. The van der Waals surface area contributed by atoms with Crippen LogP contribution in [0, 0.1) is 5.82 Å². The van der Waals surface area contributed by atoms with Crippen molar-refractivity contribution in [2.75, 3.05) is 19.0 Å². The third kappa shape index (κ3) is 3.82. The molecule has 2 aromatic rings. The number of rotatable bonds is 4. The Morgan fingerprint density at radius 3 is 2.88 bits per heavy atom. The van der Waals surface area contributed by atoms with E-state index in [9.17, 15) is 9.18 Å². The van der Waals surface area contributed by atoms with Gasteiger partial charge in [-0.2, -0.15) is 0 Å². The molecule has 1 saturated heterocycles. The smallest absolute Gasteiger partial charge is 0.258 e. The van der Waals surface area contributed by atoms with Crippen LogP contribution >= 0.6 is 15.9 Å². The number of para-hydroxylation sites is 1. The van der Waals surface area contributed by atoms with Crippen LogP contribution in [-0.4, -0.2) is 41.5 Å². The van der Waals surface area contributed by atoms with Gasteiger partial charge in [-0.1, -0.05) is 6.07 Å². The van der Waals surface area contributed by atoms with Crippen LogP contribution in [0.1, 0.15) is 30.1 Å². The molecule has 1 aliphatic rings.